The van der Waals surface area contributed by atoms with Crippen molar-refractivity contribution in [1.82, 2.24) is 29.6 Å². The van der Waals surface area contributed by atoms with E-state index in [2.05, 4.69) is 25.2 Å². The van der Waals surface area contributed by atoms with E-state index in [1.54, 1.807) is 18.2 Å². The summed E-state index contributed by atoms with van der Waals surface area (Å²) in [5.41, 5.74) is 1.72. The van der Waals surface area contributed by atoms with Crippen molar-refractivity contribution in [2.45, 2.75) is 13.0 Å². The zero-order chi connectivity index (χ0) is 24.1. The number of methoxy groups -OCH3 is 1. The van der Waals surface area contributed by atoms with Gasteiger partial charge in [-0.05, 0) is 19.1 Å². The SMILES string of the molecule is COc1cnc(-n2cnc(C)n2)c2[nH]cc(C(=O)C(=O)N3CC4C=NN(c5ccccc5)C4C3)c12. The summed E-state index contributed by atoms with van der Waals surface area (Å²) >= 11 is 0. The highest BCUT2D eigenvalue weighted by atomic mass is 16.5. The molecule has 5 heterocycles. The van der Waals surface area contributed by atoms with E-state index in [4.69, 9.17) is 4.74 Å². The number of amides is 1. The number of hydrogen-bond donors (Lipinski definition) is 1. The first-order valence-electron chi connectivity index (χ1n) is 11.2. The van der Waals surface area contributed by atoms with Gasteiger partial charge >= 0.3 is 0 Å². The number of fused-ring (bicyclic) bond motifs is 2. The maximum atomic E-state index is 13.4. The molecule has 11 heteroatoms. The van der Waals surface area contributed by atoms with Crippen molar-refractivity contribution >= 4 is 34.5 Å². The average Bonchev–Trinajstić information content (AvgIpc) is 3.66. The molecule has 1 saturated heterocycles. The highest BCUT2D eigenvalue weighted by Gasteiger charge is 2.43. The molecule has 1 aromatic carbocycles. The van der Waals surface area contributed by atoms with Crippen molar-refractivity contribution in [2.24, 2.45) is 11.0 Å². The number of nitrogens with one attached hydrogen (secondary N) is 1. The Bertz CT molecular complexity index is 1470. The molecule has 0 saturated carbocycles. The van der Waals surface area contributed by atoms with Gasteiger partial charge in [0, 0.05) is 31.4 Å². The Balaban J connectivity index is 1.30. The molecule has 1 amide bonds. The lowest BCUT2D eigenvalue weighted by atomic mass is 10.1. The van der Waals surface area contributed by atoms with Gasteiger partial charge in [-0.15, -0.1) is 0 Å². The quantitative estimate of drug-likeness (QED) is 0.350. The number of hydrazone groups is 1. The lowest BCUT2D eigenvalue weighted by Gasteiger charge is -2.23. The number of H-pyrrole nitrogens is 1. The number of likely N-dealkylation sites (tertiary alicyclic amines) is 1. The minimum Gasteiger partial charge on any atom is -0.494 e. The summed E-state index contributed by atoms with van der Waals surface area (Å²) in [5, 5.41) is 11.2. The molecule has 0 bridgehead atoms. The Hall–Kier alpha value is -4.54. The van der Waals surface area contributed by atoms with Crippen LogP contribution in [0, 0.1) is 12.8 Å². The number of Topliss-reactive ketones (excluding diaryl/α,β-unsaturated/α-hetero) is 1. The summed E-state index contributed by atoms with van der Waals surface area (Å²) in [5.74, 6) is 0.331. The van der Waals surface area contributed by atoms with Gasteiger partial charge in [-0.2, -0.15) is 10.2 Å². The lowest BCUT2D eigenvalue weighted by Crippen LogP contribution is -2.38. The van der Waals surface area contributed by atoms with Gasteiger partial charge in [0.25, 0.3) is 11.7 Å². The molecule has 1 N–H and O–H groups in total. The van der Waals surface area contributed by atoms with Crippen LogP contribution < -0.4 is 9.75 Å². The summed E-state index contributed by atoms with van der Waals surface area (Å²) in [6.07, 6.45) is 6.44. The van der Waals surface area contributed by atoms with Crippen molar-refractivity contribution in [3.8, 4) is 11.6 Å². The summed E-state index contributed by atoms with van der Waals surface area (Å²) in [7, 11) is 1.50. The number of pyridine rings is 1. The third kappa shape index (κ3) is 3.35. The van der Waals surface area contributed by atoms with Crippen LogP contribution >= 0.6 is 0 Å². The maximum absolute atomic E-state index is 13.4. The van der Waals surface area contributed by atoms with Gasteiger partial charge in [-0.1, -0.05) is 18.2 Å². The van der Waals surface area contributed by atoms with Gasteiger partial charge in [-0.25, -0.2) is 14.6 Å². The Morgan fingerprint density at radius 3 is 2.71 bits per heavy atom. The van der Waals surface area contributed by atoms with Gasteiger partial charge in [0.05, 0.1) is 41.5 Å². The second kappa shape index (κ2) is 8.05. The molecule has 176 valence electrons. The number of anilines is 1. The fourth-order valence-electron chi connectivity index (χ4n) is 4.78. The zero-order valence-electron chi connectivity index (χ0n) is 19.1. The minimum absolute atomic E-state index is 0.00184. The number of para-hydroxylation sites is 1. The monoisotopic (exact) mass is 470 g/mol. The van der Waals surface area contributed by atoms with Gasteiger partial charge in [0.15, 0.2) is 5.82 Å². The van der Waals surface area contributed by atoms with Gasteiger partial charge in [-0.3, -0.25) is 14.6 Å². The van der Waals surface area contributed by atoms with E-state index in [0.29, 0.717) is 41.4 Å². The van der Waals surface area contributed by atoms with E-state index in [9.17, 15) is 9.59 Å². The third-order valence-electron chi connectivity index (χ3n) is 6.47. The van der Waals surface area contributed by atoms with Crippen LogP contribution in [0.5, 0.6) is 5.75 Å². The summed E-state index contributed by atoms with van der Waals surface area (Å²) in [6, 6.07) is 9.82. The van der Waals surface area contributed by atoms with Crippen LogP contribution in [0.15, 0.2) is 54.2 Å². The van der Waals surface area contributed by atoms with E-state index >= 15 is 0 Å². The fraction of sp³-hybridized carbons (Fsp3) is 0.250. The van der Waals surface area contributed by atoms with Crippen molar-refractivity contribution in [1.29, 1.82) is 0 Å². The van der Waals surface area contributed by atoms with E-state index in [-0.39, 0.29) is 17.5 Å². The van der Waals surface area contributed by atoms with Crippen LogP contribution in [0.2, 0.25) is 0 Å². The Kier molecular flexibility index (Phi) is 4.83. The molecule has 2 aliphatic rings. The number of hydrogen-bond acceptors (Lipinski definition) is 8. The molecule has 2 atom stereocenters. The van der Waals surface area contributed by atoms with Crippen LogP contribution in [0.25, 0.3) is 16.7 Å². The normalized spacial score (nSPS) is 18.9. The molecule has 11 nitrogen and oxygen atoms in total. The predicted molar refractivity (Wildman–Crippen MR) is 128 cm³/mol. The lowest BCUT2D eigenvalue weighted by molar-refractivity contribution is -0.125. The Labute approximate surface area is 200 Å². The van der Waals surface area contributed by atoms with Crippen LogP contribution in [-0.4, -0.2) is 73.8 Å². The Morgan fingerprint density at radius 2 is 1.97 bits per heavy atom. The highest BCUT2D eigenvalue weighted by Crippen LogP contribution is 2.34. The number of ether oxygens (including phenoxy) is 1. The smallest absolute Gasteiger partial charge is 0.295 e. The molecule has 3 aromatic heterocycles. The molecule has 0 radical (unpaired) electrons. The number of rotatable bonds is 5. The van der Waals surface area contributed by atoms with Crippen LogP contribution in [-0.2, 0) is 4.79 Å². The molecule has 0 spiro atoms. The number of carbonyl (C=O) groups is 2. The minimum atomic E-state index is -0.607. The standard InChI is InChI=1S/C24H22N8O3/c1-14-27-13-31(29-14)23-21-20(19(35-2)10-26-23)17(9-25-21)22(33)24(34)30-11-15-8-28-32(18(15)12-30)16-6-4-3-5-7-16/h3-10,13,15,18,25H,11-12H2,1-2H3. The average molecular weight is 470 g/mol. The predicted octanol–water partition coefficient (Wildman–Crippen LogP) is 1.98. The summed E-state index contributed by atoms with van der Waals surface area (Å²) < 4.78 is 6.99. The second-order valence-electron chi connectivity index (χ2n) is 8.55. The molecule has 1 fully saturated rings. The van der Waals surface area contributed by atoms with E-state index < -0.39 is 11.7 Å². The molecule has 2 aliphatic heterocycles. The van der Waals surface area contributed by atoms with Crippen molar-refractivity contribution in [3.63, 3.8) is 0 Å². The summed E-state index contributed by atoms with van der Waals surface area (Å²) in [4.78, 5) is 40.0. The van der Waals surface area contributed by atoms with Crippen molar-refractivity contribution < 1.29 is 14.3 Å². The maximum Gasteiger partial charge on any atom is 0.295 e. The van der Waals surface area contributed by atoms with Crippen LogP contribution in [0.3, 0.4) is 0 Å². The van der Waals surface area contributed by atoms with E-state index in [1.165, 1.54) is 24.2 Å². The topological polar surface area (TPSA) is 122 Å². The molecule has 35 heavy (non-hydrogen) atoms. The van der Waals surface area contributed by atoms with Gasteiger partial charge < -0.3 is 14.6 Å². The Morgan fingerprint density at radius 1 is 1.14 bits per heavy atom. The number of benzene rings is 1. The molecule has 0 aliphatic carbocycles. The highest BCUT2D eigenvalue weighted by molar-refractivity contribution is 6.45. The third-order valence-corrected chi connectivity index (χ3v) is 6.47. The first-order valence-corrected chi connectivity index (χ1v) is 11.2. The van der Waals surface area contributed by atoms with Gasteiger partial charge in [0.1, 0.15) is 17.9 Å². The largest absolute Gasteiger partial charge is 0.494 e. The number of nitrogens with zero attached hydrogens (tertiary/aromatic N) is 7. The number of aromatic nitrogens is 5. The van der Waals surface area contributed by atoms with Crippen molar-refractivity contribution in [2.75, 3.05) is 25.2 Å². The molecular weight excluding hydrogens is 448 g/mol. The number of ketones is 1. The van der Waals surface area contributed by atoms with Crippen molar-refractivity contribution in [3.05, 3.63) is 60.4 Å². The molecular formula is C24H22N8O3. The first kappa shape index (κ1) is 21.0. The molecule has 4 aromatic rings. The zero-order valence-corrected chi connectivity index (χ0v) is 19.1. The number of aromatic amines is 1. The van der Waals surface area contributed by atoms with E-state index in [1.807, 2.05) is 41.6 Å². The van der Waals surface area contributed by atoms with E-state index in [0.717, 1.165) is 5.69 Å². The molecule has 6 rings (SSSR count). The van der Waals surface area contributed by atoms with Crippen LogP contribution in [0.1, 0.15) is 16.2 Å². The first-order chi connectivity index (χ1) is 17.0. The second-order valence-corrected chi connectivity index (χ2v) is 8.55. The number of carbonyl (C=O) groups excluding carboxylic acids is 2. The fourth-order valence-corrected chi connectivity index (χ4v) is 4.78. The van der Waals surface area contributed by atoms with Gasteiger partial charge in [0.2, 0.25) is 0 Å². The summed E-state index contributed by atoms with van der Waals surface area (Å²) in [6.45, 7) is 2.62. The molecule has 2 unspecified atom stereocenters. The number of aryl methyl sites for hydroxylation is 1. The van der Waals surface area contributed by atoms with Crippen LogP contribution in [0.4, 0.5) is 5.69 Å².